The number of nitrogens with zero attached hydrogens (tertiary/aromatic N) is 3. The maximum absolute atomic E-state index is 4.39. The van der Waals surface area contributed by atoms with Crippen molar-refractivity contribution >= 4 is 5.82 Å². The van der Waals surface area contributed by atoms with E-state index in [1.807, 2.05) is 0 Å². The molecular formula is C16H28N4. The van der Waals surface area contributed by atoms with Gasteiger partial charge in [-0.25, -0.2) is 0 Å². The van der Waals surface area contributed by atoms with Crippen LogP contribution in [-0.4, -0.2) is 29.8 Å². The quantitative estimate of drug-likeness (QED) is 0.867. The molecule has 1 aliphatic rings. The van der Waals surface area contributed by atoms with E-state index < -0.39 is 0 Å². The van der Waals surface area contributed by atoms with E-state index in [-0.39, 0.29) is 0 Å². The van der Waals surface area contributed by atoms with Crippen LogP contribution in [-0.2, 0) is 6.54 Å². The van der Waals surface area contributed by atoms with Crippen molar-refractivity contribution in [3.8, 4) is 0 Å². The van der Waals surface area contributed by atoms with Crippen molar-refractivity contribution in [1.29, 1.82) is 0 Å². The van der Waals surface area contributed by atoms with Crippen LogP contribution >= 0.6 is 0 Å². The predicted molar refractivity (Wildman–Crippen MR) is 83.8 cm³/mol. The Morgan fingerprint density at radius 1 is 1.25 bits per heavy atom. The van der Waals surface area contributed by atoms with Crippen molar-refractivity contribution in [2.75, 3.05) is 24.5 Å². The van der Waals surface area contributed by atoms with E-state index in [1.54, 1.807) is 0 Å². The van der Waals surface area contributed by atoms with Crippen LogP contribution in [0.15, 0.2) is 12.1 Å². The van der Waals surface area contributed by atoms with E-state index >= 15 is 0 Å². The molecule has 4 nitrogen and oxygen atoms in total. The van der Waals surface area contributed by atoms with Crippen LogP contribution < -0.4 is 10.2 Å². The zero-order valence-electron chi connectivity index (χ0n) is 13.1. The molecule has 0 radical (unpaired) electrons. The molecule has 1 saturated heterocycles. The van der Waals surface area contributed by atoms with Gasteiger partial charge in [0.1, 0.15) is 0 Å². The fraction of sp³-hybridized carbons (Fsp3) is 0.750. The molecule has 1 aromatic heterocycles. The number of piperidine rings is 1. The molecule has 1 aromatic rings. The van der Waals surface area contributed by atoms with Gasteiger partial charge in [0, 0.05) is 19.6 Å². The van der Waals surface area contributed by atoms with E-state index in [9.17, 15) is 0 Å². The molecular weight excluding hydrogens is 248 g/mol. The summed E-state index contributed by atoms with van der Waals surface area (Å²) in [6.45, 7) is 10.8. The van der Waals surface area contributed by atoms with Crippen LogP contribution in [0.25, 0.3) is 0 Å². The Labute approximate surface area is 123 Å². The van der Waals surface area contributed by atoms with Gasteiger partial charge in [0.15, 0.2) is 5.82 Å². The van der Waals surface area contributed by atoms with Gasteiger partial charge in [0.2, 0.25) is 0 Å². The molecule has 0 atom stereocenters. The molecule has 0 spiro atoms. The summed E-state index contributed by atoms with van der Waals surface area (Å²) in [5, 5.41) is 12.1. The standard InChI is InChI=1S/C16H28N4/c1-4-14-7-9-20(10-8-14)16-6-5-15(18-19-16)12-17-11-13(2)3/h5-6,13-14,17H,4,7-12H2,1-3H3. The molecule has 112 valence electrons. The van der Waals surface area contributed by atoms with Crippen molar-refractivity contribution in [2.45, 2.75) is 46.6 Å². The first-order valence-corrected chi connectivity index (χ1v) is 7.97. The minimum Gasteiger partial charge on any atom is -0.355 e. The lowest BCUT2D eigenvalue weighted by Crippen LogP contribution is -2.34. The van der Waals surface area contributed by atoms with Crippen molar-refractivity contribution in [3.63, 3.8) is 0 Å². The average molecular weight is 276 g/mol. The molecule has 4 heteroatoms. The molecule has 0 bridgehead atoms. The molecule has 20 heavy (non-hydrogen) atoms. The maximum atomic E-state index is 4.39. The van der Waals surface area contributed by atoms with Gasteiger partial charge in [-0.3, -0.25) is 0 Å². The summed E-state index contributed by atoms with van der Waals surface area (Å²) < 4.78 is 0. The zero-order valence-corrected chi connectivity index (χ0v) is 13.1. The Morgan fingerprint density at radius 2 is 2.00 bits per heavy atom. The molecule has 1 fully saturated rings. The van der Waals surface area contributed by atoms with Crippen LogP contribution in [0.3, 0.4) is 0 Å². The first-order valence-electron chi connectivity index (χ1n) is 7.97. The summed E-state index contributed by atoms with van der Waals surface area (Å²) in [5.74, 6) is 2.60. The molecule has 0 amide bonds. The lowest BCUT2D eigenvalue weighted by Gasteiger charge is -2.32. The normalized spacial score (nSPS) is 16.9. The topological polar surface area (TPSA) is 41.0 Å². The second-order valence-corrected chi connectivity index (χ2v) is 6.25. The molecule has 0 saturated carbocycles. The molecule has 2 rings (SSSR count). The van der Waals surface area contributed by atoms with Crippen molar-refractivity contribution < 1.29 is 0 Å². The average Bonchev–Trinajstić information content (AvgIpc) is 2.48. The van der Waals surface area contributed by atoms with E-state index in [0.717, 1.165) is 43.6 Å². The Morgan fingerprint density at radius 3 is 2.55 bits per heavy atom. The SMILES string of the molecule is CCC1CCN(c2ccc(CNCC(C)C)nn2)CC1. The Bertz CT molecular complexity index is 380. The molecule has 2 heterocycles. The monoisotopic (exact) mass is 276 g/mol. The van der Waals surface area contributed by atoms with E-state index in [2.05, 4.69) is 53.3 Å². The summed E-state index contributed by atoms with van der Waals surface area (Å²) in [6, 6.07) is 4.22. The highest BCUT2D eigenvalue weighted by Crippen LogP contribution is 2.23. The molecule has 0 unspecified atom stereocenters. The first kappa shape index (κ1) is 15.2. The number of hydrogen-bond donors (Lipinski definition) is 1. The van der Waals surface area contributed by atoms with Gasteiger partial charge in [0.05, 0.1) is 5.69 Å². The summed E-state index contributed by atoms with van der Waals surface area (Å²) >= 11 is 0. The maximum Gasteiger partial charge on any atom is 0.151 e. The number of aromatic nitrogens is 2. The zero-order chi connectivity index (χ0) is 14.4. The third kappa shape index (κ3) is 4.44. The van der Waals surface area contributed by atoms with Gasteiger partial charge in [0.25, 0.3) is 0 Å². The van der Waals surface area contributed by atoms with E-state index in [1.165, 1.54) is 19.3 Å². The fourth-order valence-corrected chi connectivity index (χ4v) is 2.68. The minimum atomic E-state index is 0.669. The second kappa shape index (κ2) is 7.58. The fourth-order valence-electron chi connectivity index (χ4n) is 2.68. The predicted octanol–water partition coefficient (Wildman–Crippen LogP) is 2.85. The summed E-state index contributed by atoms with van der Waals surface area (Å²) in [5.41, 5.74) is 1.03. The van der Waals surface area contributed by atoms with Crippen molar-refractivity contribution in [3.05, 3.63) is 17.8 Å². The third-order valence-electron chi connectivity index (χ3n) is 4.08. The van der Waals surface area contributed by atoms with Crippen molar-refractivity contribution in [1.82, 2.24) is 15.5 Å². The number of hydrogen-bond acceptors (Lipinski definition) is 4. The molecule has 1 N–H and O–H groups in total. The van der Waals surface area contributed by atoms with Gasteiger partial charge >= 0.3 is 0 Å². The van der Waals surface area contributed by atoms with Crippen LogP contribution in [0.2, 0.25) is 0 Å². The van der Waals surface area contributed by atoms with Gasteiger partial charge in [-0.15, -0.1) is 5.10 Å². The molecule has 0 aliphatic carbocycles. The van der Waals surface area contributed by atoms with E-state index in [4.69, 9.17) is 0 Å². The number of anilines is 1. The van der Waals surface area contributed by atoms with Crippen LogP contribution in [0.1, 0.15) is 45.7 Å². The van der Waals surface area contributed by atoms with Gasteiger partial charge in [-0.1, -0.05) is 27.2 Å². The lowest BCUT2D eigenvalue weighted by molar-refractivity contribution is 0.393. The molecule has 1 aliphatic heterocycles. The van der Waals surface area contributed by atoms with Gasteiger partial charge < -0.3 is 10.2 Å². The van der Waals surface area contributed by atoms with Gasteiger partial charge in [-0.2, -0.15) is 5.10 Å². The number of rotatable bonds is 6. The second-order valence-electron chi connectivity index (χ2n) is 6.25. The number of nitrogens with one attached hydrogen (secondary N) is 1. The minimum absolute atomic E-state index is 0.669. The summed E-state index contributed by atoms with van der Waals surface area (Å²) in [7, 11) is 0. The Balaban J connectivity index is 1.82. The third-order valence-corrected chi connectivity index (χ3v) is 4.08. The van der Waals surface area contributed by atoms with E-state index in [0.29, 0.717) is 5.92 Å². The van der Waals surface area contributed by atoms with Crippen LogP contribution in [0, 0.1) is 11.8 Å². The highest BCUT2D eigenvalue weighted by molar-refractivity contribution is 5.37. The Kier molecular flexibility index (Phi) is 5.77. The Hall–Kier alpha value is -1.16. The van der Waals surface area contributed by atoms with Gasteiger partial charge in [-0.05, 0) is 43.4 Å². The molecule has 0 aromatic carbocycles. The lowest BCUT2D eigenvalue weighted by atomic mass is 9.94. The smallest absolute Gasteiger partial charge is 0.151 e. The van der Waals surface area contributed by atoms with Crippen LogP contribution in [0.4, 0.5) is 5.82 Å². The largest absolute Gasteiger partial charge is 0.355 e. The highest BCUT2D eigenvalue weighted by Gasteiger charge is 2.18. The summed E-state index contributed by atoms with van der Waals surface area (Å²) in [4.78, 5) is 2.37. The summed E-state index contributed by atoms with van der Waals surface area (Å²) in [6.07, 6.45) is 3.88. The first-order chi connectivity index (χ1) is 9.69. The highest BCUT2D eigenvalue weighted by atomic mass is 15.3. The van der Waals surface area contributed by atoms with Crippen LogP contribution in [0.5, 0.6) is 0 Å². The van der Waals surface area contributed by atoms with Crippen molar-refractivity contribution in [2.24, 2.45) is 11.8 Å².